The Hall–Kier alpha value is -2.31. The lowest BCUT2D eigenvalue weighted by Gasteiger charge is -1.89. The number of thiazole rings is 2. The van der Waals surface area contributed by atoms with Crippen molar-refractivity contribution in [2.75, 3.05) is 5.32 Å². The van der Waals surface area contributed by atoms with Crippen molar-refractivity contribution in [1.82, 2.24) is 9.97 Å². The van der Waals surface area contributed by atoms with E-state index in [0.29, 0.717) is 0 Å². The van der Waals surface area contributed by atoms with Gasteiger partial charge >= 0.3 is 0 Å². The van der Waals surface area contributed by atoms with Crippen molar-refractivity contribution in [1.29, 1.82) is 0 Å². The number of para-hydroxylation sites is 2. The molecule has 6 heteroatoms. The van der Waals surface area contributed by atoms with E-state index in [1.165, 1.54) is 0 Å². The van der Waals surface area contributed by atoms with Crippen molar-refractivity contribution in [2.24, 2.45) is 4.99 Å². The van der Waals surface area contributed by atoms with Gasteiger partial charge < -0.3 is 5.32 Å². The summed E-state index contributed by atoms with van der Waals surface area (Å²) in [7, 11) is 0. The maximum absolute atomic E-state index is 4.49. The maximum atomic E-state index is 4.49. The van der Waals surface area contributed by atoms with Gasteiger partial charge in [0.05, 0.1) is 26.8 Å². The van der Waals surface area contributed by atoms with E-state index in [1.807, 2.05) is 56.3 Å². The van der Waals surface area contributed by atoms with Crippen LogP contribution in [0.1, 0.15) is 22.7 Å². The summed E-state index contributed by atoms with van der Waals surface area (Å²) in [4.78, 5) is 13.3. The number of hydrogen-bond acceptors (Lipinski definition) is 5. The van der Waals surface area contributed by atoms with Crippen LogP contribution in [0.15, 0.2) is 53.5 Å². The van der Waals surface area contributed by atoms with Gasteiger partial charge in [-0.05, 0) is 24.3 Å². The summed E-state index contributed by atoms with van der Waals surface area (Å²) in [5.74, 6) is 0. The second kappa shape index (κ2) is 8.52. The van der Waals surface area contributed by atoms with E-state index in [-0.39, 0.29) is 8.85 Å². The number of aromatic nitrogens is 2. The predicted octanol–water partition coefficient (Wildman–Crippen LogP) is 6.59. The second-order valence-electron chi connectivity index (χ2n) is 4.35. The molecule has 2 aromatic carbocycles. The lowest BCUT2D eigenvalue weighted by molar-refractivity contribution is 1.40. The molecule has 0 atom stereocenters. The van der Waals surface area contributed by atoms with Gasteiger partial charge in [0.2, 0.25) is 5.13 Å². The Kier molecular flexibility index (Phi) is 6.40. The molecule has 0 amide bonds. The molecule has 0 saturated carbocycles. The molecule has 0 unspecified atom stereocenters. The van der Waals surface area contributed by atoms with Gasteiger partial charge in [-0.3, -0.25) is 0 Å². The zero-order valence-electron chi connectivity index (χ0n) is 12.9. The summed E-state index contributed by atoms with van der Waals surface area (Å²) in [5, 5.41) is 4.68. The standard InChI is InChI=1S/C15H10N4S2.C2H6.CH4.H2/c1-3-7-12-10(5-1)18-14(20-12)16-9-17-15-19-11-6-2-4-8-13(11)21-15;1-2;;/h1-9H,(H,16,17,18,19);1-2H3;1H4;1H. The highest BCUT2D eigenvalue weighted by Crippen LogP contribution is 2.28. The summed E-state index contributed by atoms with van der Waals surface area (Å²) in [5.41, 5.74) is 1.98. The molecule has 0 bridgehead atoms. The Bertz CT molecular complexity index is 880. The largest absolute Gasteiger partial charge is 0.322 e. The van der Waals surface area contributed by atoms with Crippen LogP contribution in [0.2, 0.25) is 0 Å². The Morgan fingerprint density at radius 1 is 0.917 bits per heavy atom. The van der Waals surface area contributed by atoms with E-state index in [2.05, 4.69) is 26.3 Å². The second-order valence-corrected chi connectivity index (χ2v) is 6.39. The molecule has 24 heavy (non-hydrogen) atoms. The van der Waals surface area contributed by atoms with Crippen LogP contribution >= 0.6 is 22.7 Å². The number of benzene rings is 2. The number of nitrogens with zero attached hydrogens (tertiary/aromatic N) is 3. The van der Waals surface area contributed by atoms with Crippen molar-refractivity contribution in [3.63, 3.8) is 0 Å². The lowest BCUT2D eigenvalue weighted by atomic mass is 10.3. The topological polar surface area (TPSA) is 50.2 Å². The van der Waals surface area contributed by atoms with Gasteiger partial charge in [-0.2, -0.15) is 0 Å². The first kappa shape index (κ1) is 18.0. The molecule has 0 radical (unpaired) electrons. The average Bonchev–Trinajstić information content (AvgIpc) is 3.19. The molecule has 0 spiro atoms. The van der Waals surface area contributed by atoms with Crippen LogP contribution in [0.25, 0.3) is 20.4 Å². The predicted molar refractivity (Wildman–Crippen MR) is 111 cm³/mol. The van der Waals surface area contributed by atoms with E-state index in [4.69, 9.17) is 0 Å². The quantitative estimate of drug-likeness (QED) is 0.332. The van der Waals surface area contributed by atoms with Crippen LogP contribution in [0.4, 0.5) is 10.3 Å². The van der Waals surface area contributed by atoms with E-state index in [1.54, 1.807) is 29.0 Å². The molecule has 2 aromatic heterocycles. The molecule has 0 aliphatic carbocycles. The van der Waals surface area contributed by atoms with Crippen LogP contribution < -0.4 is 5.32 Å². The smallest absolute Gasteiger partial charge is 0.211 e. The summed E-state index contributed by atoms with van der Waals surface area (Å²) < 4.78 is 2.30. The Labute approximate surface area is 151 Å². The van der Waals surface area contributed by atoms with Crippen molar-refractivity contribution < 1.29 is 1.43 Å². The van der Waals surface area contributed by atoms with Crippen LogP contribution in [0, 0.1) is 0 Å². The Morgan fingerprint density at radius 3 is 2.12 bits per heavy atom. The SMILES string of the molecule is C.C(=Nc1nc2ccccc2s1)Nc1nc2ccccc2s1.CC.[HH]. The molecule has 4 aromatic rings. The fourth-order valence-electron chi connectivity index (χ4n) is 1.99. The minimum atomic E-state index is 0. The summed E-state index contributed by atoms with van der Waals surface area (Å²) >= 11 is 3.18. The third-order valence-electron chi connectivity index (χ3n) is 2.94. The molecule has 2 heterocycles. The van der Waals surface area contributed by atoms with Crippen molar-refractivity contribution in [2.45, 2.75) is 21.3 Å². The Balaban J connectivity index is 0.000000755. The Morgan fingerprint density at radius 2 is 1.50 bits per heavy atom. The van der Waals surface area contributed by atoms with Crippen molar-refractivity contribution >= 4 is 59.7 Å². The van der Waals surface area contributed by atoms with Gasteiger partial charge in [0.25, 0.3) is 0 Å². The zero-order chi connectivity index (χ0) is 16.1. The van der Waals surface area contributed by atoms with Crippen molar-refractivity contribution in [3.05, 3.63) is 48.5 Å². The molecule has 126 valence electrons. The van der Waals surface area contributed by atoms with E-state index >= 15 is 0 Å². The van der Waals surface area contributed by atoms with Crippen LogP contribution in [-0.2, 0) is 0 Å². The fourth-order valence-corrected chi connectivity index (χ4v) is 3.63. The first-order chi connectivity index (χ1) is 11.4. The zero-order valence-corrected chi connectivity index (χ0v) is 14.5. The normalized spacial score (nSPS) is 10.4. The van der Waals surface area contributed by atoms with Gasteiger partial charge in [-0.15, -0.1) is 0 Å². The number of nitrogens with one attached hydrogen (secondary N) is 1. The molecule has 0 fully saturated rings. The average molecular weight is 359 g/mol. The van der Waals surface area contributed by atoms with Gasteiger partial charge in [0.15, 0.2) is 5.13 Å². The van der Waals surface area contributed by atoms with Crippen LogP contribution in [-0.4, -0.2) is 16.3 Å². The molecule has 4 rings (SSSR count). The van der Waals surface area contributed by atoms with E-state index in [0.717, 1.165) is 30.7 Å². The molecule has 0 aliphatic heterocycles. The third kappa shape index (κ3) is 3.96. The van der Waals surface area contributed by atoms with Crippen LogP contribution in [0.5, 0.6) is 0 Å². The monoisotopic (exact) mass is 358 g/mol. The van der Waals surface area contributed by atoms with E-state index < -0.39 is 0 Å². The third-order valence-corrected chi connectivity index (χ3v) is 4.85. The maximum Gasteiger partial charge on any atom is 0.211 e. The van der Waals surface area contributed by atoms with Gasteiger partial charge in [0, 0.05) is 1.43 Å². The van der Waals surface area contributed by atoms with Gasteiger partial charge in [-0.1, -0.05) is 68.2 Å². The molecule has 1 N–H and O–H groups in total. The number of hydrogen-bond donors (Lipinski definition) is 1. The minimum absolute atomic E-state index is 0. The number of rotatable bonds is 3. The number of fused-ring (bicyclic) bond motifs is 2. The molecule has 0 saturated heterocycles. The van der Waals surface area contributed by atoms with Crippen LogP contribution in [0.3, 0.4) is 0 Å². The summed E-state index contributed by atoms with van der Waals surface area (Å²) in [6.45, 7) is 4.00. The molecule has 4 nitrogen and oxygen atoms in total. The summed E-state index contributed by atoms with van der Waals surface area (Å²) in [6.07, 6.45) is 1.65. The van der Waals surface area contributed by atoms with Crippen molar-refractivity contribution in [3.8, 4) is 0 Å². The lowest BCUT2D eigenvalue weighted by Crippen LogP contribution is -1.92. The highest BCUT2D eigenvalue weighted by Gasteiger charge is 2.02. The number of aliphatic imine (C=N–C) groups is 1. The first-order valence-corrected chi connectivity index (χ1v) is 9.02. The molecule has 0 aliphatic rings. The molecular weight excluding hydrogens is 336 g/mol. The van der Waals surface area contributed by atoms with Gasteiger partial charge in [0.1, 0.15) is 0 Å². The number of anilines is 1. The fraction of sp³-hybridized carbons (Fsp3) is 0.167. The molecular formula is C18H22N4S2. The van der Waals surface area contributed by atoms with Gasteiger partial charge in [-0.25, -0.2) is 15.0 Å². The highest BCUT2D eigenvalue weighted by molar-refractivity contribution is 7.22. The van der Waals surface area contributed by atoms with E-state index in [9.17, 15) is 0 Å². The highest BCUT2D eigenvalue weighted by atomic mass is 32.1. The first-order valence-electron chi connectivity index (χ1n) is 7.39. The summed E-state index contributed by atoms with van der Waals surface area (Å²) in [6, 6.07) is 16.1. The minimum Gasteiger partial charge on any atom is -0.322 e.